The summed E-state index contributed by atoms with van der Waals surface area (Å²) in [7, 11) is 2.14. The summed E-state index contributed by atoms with van der Waals surface area (Å²) in [5.41, 5.74) is 4.53. The topological polar surface area (TPSA) is 48.5 Å². The molecule has 1 aromatic heterocycles. The second kappa shape index (κ2) is 9.00. The standard InChI is InChI=1S/C27H25FN4O/c1-31-14-16-32(17-15-31)22-12-10-21(11-13-22)29-27(33)24-18-26(19-6-8-20(28)9-7-19)30-25-5-3-2-4-23(24)25/h2-13,18H,14-17H2,1H3,(H,29,33). The van der Waals surface area contributed by atoms with Gasteiger partial charge in [0.1, 0.15) is 5.82 Å². The number of para-hydroxylation sites is 1. The highest BCUT2D eigenvalue weighted by Crippen LogP contribution is 2.26. The van der Waals surface area contributed by atoms with Crippen molar-refractivity contribution in [3.05, 3.63) is 90.2 Å². The van der Waals surface area contributed by atoms with Crippen LogP contribution in [0.3, 0.4) is 0 Å². The van der Waals surface area contributed by atoms with Crippen LogP contribution in [0.15, 0.2) is 78.9 Å². The van der Waals surface area contributed by atoms with Gasteiger partial charge in [0.25, 0.3) is 5.91 Å². The molecule has 1 amide bonds. The van der Waals surface area contributed by atoms with Crippen molar-refractivity contribution in [1.82, 2.24) is 9.88 Å². The number of rotatable bonds is 4. The van der Waals surface area contributed by atoms with Gasteiger partial charge < -0.3 is 15.1 Å². The molecule has 5 rings (SSSR count). The second-order valence-corrected chi connectivity index (χ2v) is 8.37. The van der Waals surface area contributed by atoms with Gasteiger partial charge in [0, 0.05) is 48.5 Å². The summed E-state index contributed by atoms with van der Waals surface area (Å²) in [5.74, 6) is -0.512. The molecule has 0 spiro atoms. The predicted molar refractivity (Wildman–Crippen MR) is 131 cm³/mol. The zero-order valence-corrected chi connectivity index (χ0v) is 18.5. The van der Waals surface area contributed by atoms with E-state index in [9.17, 15) is 9.18 Å². The Labute approximate surface area is 192 Å². The summed E-state index contributed by atoms with van der Waals surface area (Å²) in [6.45, 7) is 4.09. The molecule has 166 valence electrons. The Morgan fingerprint density at radius 3 is 2.33 bits per heavy atom. The number of carbonyl (C=O) groups is 1. The first-order valence-corrected chi connectivity index (χ1v) is 11.1. The SMILES string of the molecule is CN1CCN(c2ccc(NC(=O)c3cc(-c4ccc(F)cc4)nc4ccccc34)cc2)CC1. The number of anilines is 2. The number of hydrogen-bond acceptors (Lipinski definition) is 4. The number of hydrogen-bond donors (Lipinski definition) is 1. The molecule has 33 heavy (non-hydrogen) atoms. The minimum atomic E-state index is -0.308. The third-order valence-corrected chi connectivity index (χ3v) is 6.09. The zero-order valence-electron chi connectivity index (χ0n) is 18.5. The van der Waals surface area contributed by atoms with E-state index in [2.05, 4.69) is 39.3 Å². The first-order valence-electron chi connectivity index (χ1n) is 11.1. The van der Waals surface area contributed by atoms with Crippen molar-refractivity contribution < 1.29 is 9.18 Å². The van der Waals surface area contributed by atoms with Crippen molar-refractivity contribution in [3.63, 3.8) is 0 Å². The molecule has 0 radical (unpaired) electrons. The lowest BCUT2D eigenvalue weighted by Crippen LogP contribution is -2.44. The molecule has 2 heterocycles. The van der Waals surface area contributed by atoms with E-state index in [4.69, 9.17) is 0 Å². The third kappa shape index (κ3) is 4.56. The van der Waals surface area contributed by atoms with Crippen LogP contribution in [0.2, 0.25) is 0 Å². The number of halogens is 1. The second-order valence-electron chi connectivity index (χ2n) is 8.37. The number of piperazine rings is 1. The maximum Gasteiger partial charge on any atom is 0.256 e. The van der Waals surface area contributed by atoms with Gasteiger partial charge in [-0.25, -0.2) is 9.37 Å². The third-order valence-electron chi connectivity index (χ3n) is 6.09. The van der Waals surface area contributed by atoms with Crippen molar-refractivity contribution in [2.45, 2.75) is 0 Å². The first-order chi connectivity index (χ1) is 16.1. The molecule has 3 aromatic carbocycles. The lowest BCUT2D eigenvalue weighted by Gasteiger charge is -2.34. The van der Waals surface area contributed by atoms with Gasteiger partial charge in [-0.3, -0.25) is 4.79 Å². The number of nitrogens with one attached hydrogen (secondary N) is 1. The van der Waals surface area contributed by atoms with Crippen LogP contribution >= 0.6 is 0 Å². The summed E-state index contributed by atoms with van der Waals surface area (Å²) in [6, 6.07) is 23.4. The van der Waals surface area contributed by atoms with E-state index < -0.39 is 0 Å². The fourth-order valence-electron chi connectivity index (χ4n) is 4.15. The molecule has 1 saturated heterocycles. The Kier molecular flexibility index (Phi) is 5.75. The fraction of sp³-hybridized carbons (Fsp3) is 0.185. The molecule has 0 atom stereocenters. The molecule has 1 fully saturated rings. The van der Waals surface area contributed by atoms with Gasteiger partial charge in [-0.05, 0) is 67.7 Å². The average molecular weight is 441 g/mol. The molecule has 4 aromatic rings. The predicted octanol–water partition coefficient (Wildman–Crippen LogP) is 5.05. The zero-order chi connectivity index (χ0) is 22.8. The molecule has 1 aliphatic heterocycles. The van der Waals surface area contributed by atoms with Gasteiger partial charge >= 0.3 is 0 Å². The molecule has 0 unspecified atom stereocenters. The van der Waals surface area contributed by atoms with E-state index >= 15 is 0 Å². The molecular formula is C27H25FN4O. The highest BCUT2D eigenvalue weighted by molar-refractivity contribution is 6.13. The summed E-state index contributed by atoms with van der Waals surface area (Å²) in [6.07, 6.45) is 0. The monoisotopic (exact) mass is 440 g/mol. The van der Waals surface area contributed by atoms with Crippen LogP contribution in [0.5, 0.6) is 0 Å². The number of benzene rings is 3. The van der Waals surface area contributed by atoms with Crippen LogP contribution in [0.1, 0.15) is 10.4 Å². The van der Waals surface area contributed by atoms with Crippen LogP contribution in [0.4, 0.5) is 15.8 Å². The number of likely N-dealkylation sites (N-methyl/N-ethyl adjacent to an activating group) is 1. The maximum absolute atomic E-state index is 13.4. The Morgan fingerprint density at radius 1 is 0.909 bits per heavy atom. The van der Waals surface area contributed by atoms with E-state index in [1.54, 1.807) is 18.2 Å². The Hall–Kier alpha value is -3.77. The van der Waals surface area contributed by atoms with Crippen LogP contribution < -0.4 is 10.2 Å². The Balaban J connectivity index is 1.41. The van der Waals surface area contributed by atoms with E-state index in [0.29, 0.717) is 11.3 Å². The largest absolute Gasteiger partial charge is 0.369 e. The highest BCUT2D eigenvalue weighted by Gasteiger charge is 2.16. The molecule has 6 heteroatoms. The van der Waals surface area contributed by atoms with Crippen molar-refractivity contribution in [2.75, 3.05) is 43.4 Å². The molecule has 5 nitrogen and oxygen atoms in total. The smallest absolute Gasteiger partial charge is 0.256 e. The fourth-order valence-corrected chi connectivity index (χ4v) is 4.15. The van der Waals surface area contributed by atoms with Crippen LogP contribution in [0.25, 0.3) is 22.2 Å². The van der Waals surface area contributed by atoms with Crippen LogP contribution in [0, 0.1) is 5.82 Å². The van der Waals surface area contributed by atoms with Crippen LogP contribution in [-0.2, 0) is 0 Å². The van der Waals surface area contributed by atoms with Gasteiger partial charge in [0.15, 0.2) is 0 Å². The minimum absolute atomic E-state index is 0.204. The molecular weight excluding hydrogens is 415 g/mol. The van der Waals surface area contributed by atoms with Gasteiger partial charge in [0.05, 0.1) is 16.8 Å². The maximum atomic E-state index is 13.4. The number of amides is 1. The van der Waals surface area contributed by atoms with E-state index in [0.717, 1.165) is 54.0 Å². The molecule has 0 aliphatic carbocycles. The van der Waals surface area contributed by atoms with E-state index in [-0.39, 0.29) is 11.7 Å². The highest BCUT2D eigenvalue weighted by atomic mass is 19.1. The number of aromatic nitrogens is 1. The van der Waals surface area contributed by atoms with Crippen molar-refractivity contribution in [2.24, 2.45) is 0 Å². The number of fused-ring (bicyclic) bond motifs is 1. The Morgan fingerprint density at radius 2 is 1.61 bits per heavy atom. The molecule has 1 N–H and O–H groups in total. The van der Waals surface area contributed by atoms with E-state index in [1.165, 1.54) is 12.1 Å². The van der Waals surface area contributed by atoms with Gasteiger partial charge in [-0.2, -0.15) is 0 Å². The lowest BCUT2D eigenvalue weighted by molar-refractivity contribution is 0.102. The van der Waals surface area contributed by atoms with Crippen molar-refractivity contribution in [3.8, 4) is 11.3 Å². The quantitative estimate of drug-likeness (QED) is 0.483. The van der Waals surface area contributed by atoms with Crippen molar-refractivity contribution in [1.29, 1.82) is 0 Å². The Bertz CT molecular complexity index is 1280. The summed E-state index contributed by atoms with van der Waals surface area (Å²) < 4.78 is 13.4. The minimum Gasteiger partial charge on any atom is -0.369 e. The number of nitrogens with zero attached hydrogens (tertiary/aromatic N) is 3. The van der Waals surface area contributed by atoms with Gasteiger partial charge in [0.2, 0.25) is 0 Å². The summed E-state index contributed by atoms with van der Waals surface area (Å²) in [5, 5.41) is 3.79. The van der Waals surface area contributed by atoms with E-state index in [1.807, 2.05) is 36.4 Å². The van der Waals surface area contributed by atoms with Gasteiger partial charge in [-0.1, -0.05) is 18.2 Å². The average Bonchev–Trinajstić information content (AvgIpc) is 2.85. The summed E-state index contributed by atoms with van der Waals surface area (Å²) in [4.78, 5) is 22.6. The normalized spacial score (nSPS) is 14.4. The number of carbonyl (C=O) groups excluding carboxylic acids is 1. The summed E-state index contributed by atoms with van der Waals surface area (Å²) >= 11 is 0. The van der Waals surface area contributed by atoms with Crippen LogP contribution in [-0.4, -0.2) is 49.0 Å². The molecule has 0 saturated carbocycles. The molecule has 1 aliphatic rings. The lowest BCUT2D eigenvalue weighted by atomic mass is 10.0. The molecule has 0 bridgehead atoms. The van der Waals surface area contributed by atoms with Gasteiger partial charge in [-0.15, -0.1) is 0 Å². The number of pyridine rings is 1. The van der Waals surface area contributed by atoms with Crippen molar-refractivity contribution >= 4 is 28.2 Å². The first kappa shape index (κ1) is 21.1.